The number of fused-ring (bicyclic) bond motifs is 2. The van der Waals surface area contributed by atoms with Crippen LogP contribution in [0.1, 0.15) is 65.6 Å². The zero-order valence-electron chi connectivity index (χ0n) is 25.9. The molecule has 1 N–H and O–H groups in total. The van der Waals surface area contributed by atoms with Crippen molar-refractivity contribution >= 4 is 51.6 Å². The number of carbonyl (C=O) groups is 3. The van der Waals surface area contributed by atoms with E-state index in [-0.39, 0.29) is 37.2 Å². The number of likely N-dealkylation sites (tertiary alicyclic amines) is 1. The van der Waals surface area contributed by atoms with Crippen LogP contribution >= 0.6 is 11.3 Å². The zero-order chi connectivity index (χ0) is 32.5. The topological polar surface area (TPSA) is 96.7 Å². The summed E-state index contributed by atoms with van der Waals surface area (Å²) >= 11 is 1.46. The summed E-state index contributed by atoms with van der Waals surface area (Å²) in [4.78, 5) is 51.0. The van der Waals surface area contributed by atoms with Gasteiger partial charge in [-0.3, -0.25) is 19.4 Å². The van der Waals surface area contributed by atoms with Crippen LogP contribution in [-0.2, 0) is 22.6 Å². The van der Waals surface area contributed by atoms with Gasteiger partial charge in [-0.05, 0) is 80.6 Å². The molecule has 6 rings (SSSR count). The first-order valence-electron chi connectivity index (χ1n) is 15.4. The lowest BCUT2D eigenvalue weighted by Gasteiger charge is -2.28. The number of carbonyl (C=O) groups excluding carboxylic acids is 3. The van der Waals surface area contributed by atoms with Gasteiger partial charge in [-0.15, -0.1) is 11.3 Å². The number of Topliss-reactive ketones (excluding diaryl/α,β-unsaturated/α-hetero) is 1. The fourth-order valence-corrected chi connectivity index (χ4v) is 7.63. The van der Waals surface area contributed by atoms with E-state index in [0.29, 0.717) is 22.9 Å². The van der Waals surface area contributed by atoms with Gasteiger partial charge in [-0.1, -0.05) is 12.1 Å². The Hall–Kier alpha value is -4.51. The smallest absolute Gasteiger partial charge is 0.243 e. The van der Waals surface area contributed by atoms with Gasteiger partial charge in [0.05, 0.1) is 23.2 Å². The molecule has 2 amide bonds. The van der Waals surface area contributed by atoms with Crippen molar-refractivity contribution in [2.24, 2.45) is 4.99 Å². The molecule has 0 bridgehead atoms. The molecule has 0 saturated carbocycles. The van der Waals surface area contributed by atoms with Crippen molar-refractivity contribution in [2.45, 2.75) is 64.3 Å². The third-order valence-corrected chi connectivity index (χ3v) is 9.97. The number of nitrogens with one attached hydrogen (secondary N) is 1. The fraction of sp³-hybridized carbons (Fsp3) is 0.343. The van der Waals surface area contributed by atoms with Crippen LogP contribution in [-0.4, -0.2) is 64.1 Å². The van der Waals surface area contributed by atoms with Crippen LogP contribution in [0.15, 0.2) is 59.7 Å². The molecule has 0 spiro atoms. The fourth-order valence-electron chi connectivity index (χ4n) is 6.43. The predicted molar refractivity (Wildman–Crippen MR) is 176 cm³/mol. The van der Waals surface area contributed by atoms with Crippen LogP contribution in [0.5, 0.6) is 0 Å². The largest absolute Gasteiger partial charge is 0.347 e. The van der Waals surface area contributed by atoms with Crippen molar-refractivity contribution < 1.29 is 23.2 Å². The highest BCUT2D eigenvalue weighted by atomic mass is 32.1. The number of aliphatic imine (C=N–C) groups is 1. The monoisotopic (exact) mass is 643 g/mol. The Kier molecular flexibility index (Phi) is 8.95. The molecule has 3 heterocycles. The first kappa shape index (κ1) is 31.5. The lowest BCUT2D eigenvalue weighted by atomic mass is 9.97. The Bertz CT molecular complexity index is 1880. The number of rotatable bonds is 8. The molecule has 2 aromatic heterocycles. The quantitative estimate of drug-likeness (QED) is 0.179. The summed E-state index contributed by atoms with van der Waals surface area (Å²) in [5, 5.41) is 4.55. The molecule has 11 heteroatoms. The Morgan fingerprint density at radius 1 is 1.17 bits per heavy atom. The van der Waals surface area contributed by atoms with Gasteiger partial charge in [0.1, 0.15) is 29.6 Å². The number of thiazole rings is 1. The van der Waals surface area contributed by atoms with E-state index in [0.717, 1.165) is 45.1 Å². The Balaban J connectivity index is 1.21. The highest BCUT2D eigenvalue weighted by molar-refractivity contribution is 7.15. The molecule has 1 aliphatic heterocycles. The molecule has 2 aromatic carbocycles. The number of hydrogen-bond acceptors (Lipinski definition) is 6. The van der Waals surface area contributed by atoms with Crippen molar-refractivity contribution in [3.8, 4) is 10.6 Å². The van der Waals surface area contributed by atoms with E-state index in [1.807, 2.05) is 31.2 Å². The van der Waals surface area contributed by atoms with Crippen molar-refractivity contribution in [1.82, 2.24) is 19.8 Å². The highest BCUT2D eigenvalue weighted by Crippen LogP contribution is 2.38. The summed E-state index contributed by atoms with van der Waals surface area (Å²) in [6.07, 6.45) is 6.22. The summed E-state index contributed by atoms with van der Waals surface area (Å²) in [7, 11) is 1.69. The van der Waals surface area contributed by atoms with E-state index >= 15 is 0 Å². The minimum Gasteiger partial charge on any atom is -0.347 e. The average molecular weight is 644 g/mol. The zero-order valence-corrected chi connectivity index (χ0v) is 26.7. The number of aryl methyl sites for hydroxylation is 1. The third-order valence-electron chi connectivity index (χ3n) is 8.71. The molecular formula is C35H35F2N5O3S. The van der Waals surface area contributed by atoms with Gasteiger partial charge in [0.25, 0.3) is 0 Å². The molecular weight excluding hydrogens is 608 g/mol. The summed E-state index contributed by atoms with van der Waals surface area (Å²) in [5.41, 5.74) is 4.66. The van der Waals surface area contributed by atoms with E-state index in [2.05, 4.69) is 10.3 Å². The number of allylic oxidation sites excluding steroid dienone is 2. The normalized spacial score (nSPS) is 20.0. The van der Waals surface area contributed by atoms with Gasteiger partial charge < -0.3 is 14.8 Å². The molecule has 1 saturated heterocycles. The standard InChI is InChI=1S/C35H35F2N5O3S/c1-4-21(16-38-3)23-10-13-30-26(14-23)27(20(2)43)18-41(30)19-32(44)42-17-25(37)15-31(42)34(45)39-28-6-5-7-29-33(28)46-35(40-29)22-8-11-24(36)12-9-22/h4,8-14,16,18,25,28,31H,5-7,15,17,19H2,1-3H3,(H,39,45)/b21-4+,38-16?/t25-,28?,31+/m1/s1. The maximum absolute atomic E-state index is 14.8. The van der Waals surface area contributed by atoms with Crippen LogP contribution < -0.4 is 5.32 Å². The van der Waals surface area contributed by atoms with Crippen molar-refractivity contribution in [1.29, 1.82) is 0 Å². The SMILES string of the molecule is C/C=C(\C=NC)c1ccc2c(c1)c(C(C)=O)cn2CC(=O)N1C[C@H](F)C[C@H]1C(=O)NC1CCCc2nc(-c3ccc(F)cc3)sc21. The predicted octanol–water partition coefficient (Wildman–Crippen LogP) is 6.34. The molecule has 1 fully saturated rings. The van der Waals surface area contributed by atoms with Gasteiger partial charge in [0, 0.05) is 47.9 Å². The second-order valence-corrected chi connectivity index (χ2v) is 12.8. The van der Waals surface area contributed by atoms with Gasteiger partial charge in [-0.2, -0.15) is 0 Å². The number of halogens is 2. The highest BCUT2D eigenvalue weighted by Gasteiger charge is 2.41. The lowest BCUT2D eigenvalue weighted by Crippen LogP contribution is -2.48. The summed E-state index contributed by atoms with van der Waals surface area (Å²) < 4.78 is 30.0. The van der Waals surface area contributed by atoms with Crippen molar-refractivity contribution in [2.75, 3.05) is 13.6 Å². The number of ketones is 1. The van der Waals surface area contributed by atoms with Gasteiger partial charge in [0.15, 0.2) is 5.78 Å². The Labute approximate surface area is 269 Å². The minimum absolute atomic E-state index is 0.0831. The molecule has 8 nitrogen and oxygen atoms in total. The molecule has 1 aliphatic carbocycles. The van der Waals surface area contributed by atoms with Crippen LogP contribution in [0.3, 0.4) is 0 Å². The van der Waals surface area contributed by atoms with Crippen molar-refractivity contribution in [3.63, 3.8) is 0 Å². The van der Waals surface area contributed by atoms with E-state index in [4.69, 9.17) is 4.98 Å². The number of benzene rings is 2. The molecule has 1 unspecified atom stereocenters. The third kappa shape index (κ3) is 6.16. The summed E-state index contributed by atoms with van der Waals surface area (Å²) in [6, 6.07) is 10.6. The van der Waals surface area contributed by atoms with Crippen molar-refractivity contribution in [3.05, 3.63) is 82.3 Å². The molecule has 2 aliphatic rings. The Morgan fingerprint density at radius 3 is 2.67 bits per heavy atom. The first-order chi connectivity index (χ1) is 22.2. The van der Waals surface area contributed by atoms with Gasteiger partial charge in [-0.25, -0.2) is 13.8 Å². The van der Waals surface area contributed by atoms with E-state index in [9.17, 15) is 23.2 Å². The van der Waals surface area contributed by atoms with Crippen LogP contribution in [0.2, 0.25) is 0 Å². The maximum Gasteiger partial charge on any atom is 0.243 e. The van der Waals surface area contributed by atoms with Gasteiger partial charge >= 0.3 is 0 Å². The number of alkyl halides is 1. The minimum atomic E-state index is -1.33. The number of hydrogen-bond donors (Lipinski definition) is 1. The van der Waals surface area contributed by atoms with Crippen LogP contribution in [0.25, 0.3) is 27.0 Å². The van der Waals surface area contributed by atoms with Crippen LogP contribution in [0.4, 0.5) is 8.78 Å². The molecule has 3 atom stereocenters. The summed E-state index contributed by atoms with van der Waals surface area (Å²) in [5.74, 6) is -1.26. The van der Waals surface area contributed by atoms with E-state index in [1.54, 1.807) is 36.2 Å². The number of amides is 2. The summed E-state index contributed by atoms with van der Waals surface area (Å²) in [6.45, 7) is 3.07. The second kappa shape index (κ2) is 13.1. The maximum atomic E-state index is 14.8. The second-order valence-electron chi connectivity index (χ2n) is 11.8. The number of nitrogens with zero attached hydrogens (tertiary/aromatic N) is 4. The molecule has 46 heavy (non-hydrogen) atoms. The number of aromatic nitrogens is 2. The lowest BCUT2D eigenvalue weighted by molar-refractivity contribution is -0.139. The first-order valence-corrected chi connectivity index (χ1v) is 16.2. The van der Waals surface area contributed by atoms with Crippen LogP contribution in [0, 0.1) is 5.82 Å². The van der Waals surface area contributed by atoms with Gasteiger partial charge in [0.2, 0.25) is 11.8 Å². The Morgan fingerprint density at radius 2 is 1.96 bits per heavy atom. The average Bonchev–Trinajstić information content (AvgIpc) is 3.76. The molecule has 238 valence electrons. The van der Waals surface area contributed by atoms with E-state index in [1.165, 1.54) is 35.3 Å². The molecule has 0 radical (unpaired) electrons. The van der Waals surface area contributed by atoms with E-state index < -0.39 is 24.0 Å². The molecule has 4 aromatic rings.